The maximum absolute atomic E-state index is 13.1. The van der Waals surface area contributed by atoms with Crippen LogP contribution in [0, 0.1) is 0 Å². The van der Waals surface area contributed by atoms with Gasteiger partial charge in [-0.3, -0.25) is 4.79 Å². The van der Waals surface area contributed by atoms with E-state index in [0.29, 0.717) is 37.7 Å². The van der Waals surface area contributed by atoms with Gasteiger partial charge >= 0.3 is 0 Å². The van der Waals surface area contributed by atoms with Crippen LogP contribution in [0.5, 0.6) is 0 Å². The van der Waals surface area contributed by atoms with Crippen molar-refractivity contribution < 1.29 is 14.3 Å². The highest BCUT2D eigenvalue weighted by atomic mass is 16.5. The van der Waals surface area contributed by atoms with Gasteiger partial charge in [0.05, 0.1) is 30.6 Å². The third kappa shape index (κ3) is 4.51. The van der Waals surface area contributed by atoms with Gasteiger partial charge in [0.1, 0.15) is 0 Å². The van der Waals surface area contributed by atoms with Crippen LogP contribution in [0.2, 0.25) is 0 Å². The van der Waals surface area contributed by atoms with Crippen LogP contribution in [0.3, 0.4) is 0 Å². The number of anilines is 1. The molecule has 26 heavy (non-hydrogen) atoms. The standard InChI is InChI=1S/C19H30N4O3/c1-3-7-23(14-15-6-5-10-26-15)18(24)16-13-20-19(21-17(16)4-2)22-8-11-25-12-9-22/h13,15H,3-12,14H2,1-2H3. The van der Waals surface area contributed by atoms with E-state index in [9.17, 15) is 4.79 Å². The first kappa shape index (κ1) is 19.0. The molecule has 0 saturated carbocycles. The van der Waals surface area contributed by atoms with Gasteiger partial charge in [0.15, 0.2) is 0 Å². The maximum atomic E-state index is 13.1. The van der Waals surface area contributed by atoms with Crippen LogP contribution in [0.25, 0.3) is 0 Å². The number of rotatable bonds is 7. The van der Waals surface area contributed by atoms with Crippen molar-refractivity contribution in [2.75, 3.05) is 50.9 Å². The molecule has 3 heterocycles. The van der Waals surface area contributed by atoms with Gasteiger partial charge < -0.3 is 19.3 Å². The molecular weight excluding hydrogens is 332 g/mol. The van der Waals surface area contributed by atoms with Crippen LogP contribution >= 0.6 is 0 Å². The minimum absolute atomic E-state index is 0.0210. The fraction of sp³-hybridized carbons (Fsp3) is 0.737. The summed E-state index contributed by atoms with van der Waals surface area (Å²) >= 11 is 0. The van der Waals surface area contributed by atoms with Gasteiger partial charge in [-0.25, -0.2) is 9.97 Å². The van der Waals surface area contributed by atoms with Crippen molar-refractivity contribution in [2.45, 2.75) is 45.6 Å². The molecule has 1 aromatic heterocycles. The van der Waals surface area contributed by atoms with Crippen LogP contribution in [-0.4, -0.2) is 72.9 Å². The lowest BCUT2D eigenvalue weighted by molar-refractivity contribution is 0.0524. The van der Waals surface area contributed by atoms with E-state index < -0.39 is 0 Å². The van der Waals surface area contributed by atoms with E-state index in [0.717, 1.165) is 51.2 Å². The molecule has 2 saturated heterocycles. The third-order valence-electron chi connectivity index (χ3n) is 4.94. The van der Waals surface area contributed by atoms with E-state index in [1.807, 2.05) is 11.8 Å². The number of carbonyl (C=O) groups is 1. The van der Waals surface area contributed by atoms with Crippen molar-refractivity contribution in [3.8, 4) is 0 Å². The van der Waals surface area contributed by atoms with Crippen molar-refractivity contribution >= 4 is 11.9 Å². The van der Waals surface area contributed by atoms with Gasteiger partial charge in [-0.1, -0.05) is 13.8 Å². The Labute approximate surface area is 155 Å². The van der Waals surface area contributed by atoms with Gasteiger partial charge in [0.2, 0.25) is 5.95 Å². The Morgan fingerprint density at radius 3 is 2.77 bits per heavy atom. The second kappa shape index (κ2) is 9.28. The smallest absolute Gasteiger partial charge is 0.257 e. The van der Waals surface area contributed by atoms with E-state index in [-0.39, 0.29) is 12.0 Å². The summed E-state index contributed by atoms with van der Waals surface area (Å²) in [5.74, 6) is 0.718. The number of aryl methyl sites for hydroxylation is 1. The highest BCUT2D eigenvalue weighted by molar-refractivity contribution is 5.95. The van der Waals surface area contributed by atoms with Gasteiger partial charge in [-0.15, -0.1) is 0 Å². The van der Waals surface area contributed by atoms with Crippen LogP contribution < -0.4 is 4.90 Å². The topological polar surface area (TPSA) is 67.8 Å². The van der Waals surface area contributed by atoms with Gasteiger partial charge in [0.25, 0.3) is 5.91 Å². The molecule has 1 unspecified atom stereocenters. The molecule has 0 N–H and O–H groups in total. The highest BCUT2D eigenvalue weighted by Crippen LogP contribution is 2.19. The largest absolute Gasteiger partial charge is 0.378 e. The Balaban J connectivity index is 1.77. The monoisotopic (exact) mass is 362 g/mol. The molecule has 2 fully saturated rings. The Bertz CT molecular complexity index is 598. The zero-order valence-electron chi connectivity index (χ0n) is 15.9. The van der Waals surface area contributed by atoms with E-state index in [2.05, 4.69) is 16.8 Å². The van der Waals surface area contributed by atoms with Gasteiger partial charge in [0, 0.05) is 39.0 Å². The number of aromatic nitrogens is 2. The summed E-state index contributed by atoms with van der Waals surface area (Å²) in [6.07, 6.45) is 5.60. The zero-order valence-corrected chi connectivity index (χ0v) is 15.9. The molecule has 1 aromatic rings. The SMILES string of the molecule is CCCN(CC1CCCO1)C(=O)c1cnc(N2CCOCC2)nc1CC. The summed E-state index contributed by atoms with van der Waals surface area (Å²) in [5, 5.41) is 0. The summed E-state index contributed by atoms with van der Waals surface area (Å²) in [6.45, 7) is 9.27. The molecule has 2 aliphatic heterocycles. The molecule has 1 atom stereocenters. The number of ether oxygens (including phenoxy) is 2. The number of hydrogen-bond donors (Lipinski definition) is 0. The Kier molecular flexibility index (Phi) is 6.80. The quantitative estimate of drug-likeness (QED) is 0.738. The average molecular weight is 362 g/mol. The molecule has 0 spiro atoms. The molecule has 0 radical (unpaired) electrons. The lowest BCUT2D eigenvalue weighted by Gasteiger charge is -2.28. The summed E-state index contributed by atoms with van der Waals surface area (Å²) in [7, 11) is 0. The average Bonchev–Trinajstić information content (AvgIpc) is 3.20. The Morgan fingerprint density at radius 1 is 1.31 bits per heavy atom. The number of carbonyl (C=O) groups excluding carboxylic acids is 1. The first-order valence-electron chi connectivity index (χ1n) is 9.82. The molecule has 0 bridgehead atoms. The summed E-state index contributed by atoms with van der Waals surface area (Å²) in [4.78, 5) is 26.3. The van der Waals surface area contributed by atoms with Crippen LogP contribution in [0.1, 0.15) is 49.2 Å². The predicted molar refractivity (Wildman–Crippen MR) is 99.6 cm³/mol. The van der Waals surface area contributed by atoms with Crippen LogP contribution in [0.4, 0.5) is 5.95 Å². The van der Waals surface area contributed by atoms with Crippen molar-refractivity contribution in [2.24, 2.45) is 0 Å². The van der Waals surface area contributed by atoms with Crippen molar-refractivity contribution in [1.82, 2.24) is 14.9 Å². The first-order valence-corrected chi connectivity index (χ1v) is 9.82. The predicted octanol–water partition coefficient (Wildman–Crippen LogP) is 1.91. The number of morpholine rings is 1. The minimum Gasteiger partial charge on any atom is -0.378 e. The van der Waals surface area contributed by atoms with Crippen LogP contribution in [0.15, 0.2) is 6.20 Å². The van der Waals surface area contributed by atoms with Crippen molar-refractivity contribution in [3.05, 3.63) is 17.5 Å². The molecule has 1 amide bonds. The van der Waals surface area contributed by atoms with Gasteiger partial charge in [-0.05, 0) is 25.7 Å². The molecule has 7 heteroatoms. The fourth-order valence-corrected chi connectivity index (χ4v) is 3.52. The third-order valence-corrected chi connectivity index (χ3v) is 4.94. The van der Waals surface area contributed by atoms with Gasteiger partial charge in [-0.2, -0.15) is 0 Å². The molecule has 0 aliphatic carbocycles. The number of amides is 1. The number of nitrogens with zero attached hydrogens (tertiary/aromatic N) is 4. The summed E-state index contributed by atoms with van der Waals surface area (Å²) in [6, 6.07) is 0. The van der Waals surface area contributed by atoms with E-state index in [1.165, 1.54) is 0 Å². The molecule has 0 aromatic carbocycles. The normalized spacial score (nSPS) is 20.4. The van der Waals surface area contributed by atoms with Crippen molar-refractivity contribution in [3.63, 3.8) is 0 Å². The molecule has 7 nitrogen and oxygen atoms in total. The van der Waals surface area contributed by atoms with E-state index in [1.54, 1.807) is 6.20 Å². The fourth-order valence-electron chi connectivity index (χ4n) is 3.52. The number of hydrogen-bond acceptors (Lipinski definition) is 6. The lowest BCUT2D eigenvalue weighted by Crippen LogP contribution is -2.39. The van der Waals surface area contributed by atoms with E-state index in [4.69, 9.17) is 14.5 Å². The summed E-state index contributed by atoms with van der Waals surface area (Å²) in [5.41, 5.74) is 1.44. The highest BCUT2D eigenvalue weighted by Gasteiger charge is 2.25. The Morgan fingerprint density at radius 2 is 2.12 bits per heavy atom. The van der Waals surface area contributed by atoms with E-state index >= 15 is 0 Å². The first-order chi connectivity index (χ1) is 12.7. The van der Waals surface area contributed by atoms with Crippen molar-refractivity contribution in [1.29, 1.82) is 0 Å². The zero-order chi connectivity index (χ0) is 18.4. The molecular formula is C19H30N4O3. The second-order valence-electron chi connectivity index (χ2n) is 6.87. The molecule has 2 aliphatic rings. The second-order valence-corrected chi connectivity index (χ2v) is 6.87. The molecule has 3 rings (SSSR count). The Hall–Kier alpha value is -1.73. The molecule has 144 valence electrons. The van der Waals surface area contributed by atoms with Crippen LogP contribution in [-0.2, 0) is 15.9 Å². The maximum Gasteiger partial charge on any atom is 0.257 e. The minimum atomic E-state index is 0.0210. The summed E-state index contributed by atoms with van der Waals surface area (Å²) < 4.78 is 11.1. The lowest BCUT2D eigenvalue weighted by atomic mass is 10.1.